The van der Waals surface area contributed by atoms with Gasteiger partial charge < -0.3 is 9.88 Å². The van der Waals surface area contributed by atoms with Crippen molar-refractivity contribution in [1.82, 2.24) is 34.8 Å². The van der Waals surface area contributed by atoms with Crippen LogP contribution >= 0.6 is 11.8 Å². The lowest BCUT2D eigenvalue weighted by molar-refractivity contribution is -0.119. The first kappa shape index (κ1) is 21.8. The van der Waals surface area contributed by atoms with Gasteiger partial charge >= 0.3 is 0 Å². The summed E-state index contributed by atoms with van der Waals surface area (Å²) in [6.45, 7) is 6.81. The van der Waals surface area contributed by atoms with Gasteiger partial charge in [-0.2, -0.15) is 5.10 Å². The number of aromatic nitrogens is 6. The molecule has 0 aliphatic carbocycles. The molecule has 1 atom stereocenters. The summed E-state index contributed by atoms with van der Waals surface area (Å²) >= 11 is 1.40. The number of aryl methyl sites for hydroxylation is 1. The Hall–Kier alpha value is -3.46. The van der Waals surface area contributed by atoms with Gasteiger partial charge in [-0.25, -0.2) is 9.67 Å². The maximum atomic E-state index is 12.6. The van der Waals surface area contributed by atoms with Crippen molar-refractivity contribution >= 4 is 17.7 Å². The standard InChI is InChI=1S/C23H25N7OS/c1-4-29-22(19-7-5-6-16(2)12-19)27-28-23(29)32-13-21(31)26-17(3)18-8-10-20(11-9-18)30-15-24-14-25-30/h5-12,14-15,17H,4,13H2,1-3H3,(H,26,31). The van der Waals surface area contributed by atoms with E-state index in [9.17, 15) is 4.79 Å². The van der Waals surface area contributed by atoms with Crippen molar-refractivity contribution < 1.29 is 4.79 Å². The van der Waals surface area contributed by atoms with Crippen LogP contribution in [0.3, 0.4) is 0 Å². The normalized spacial score (nSPS) is 12.0. The quantitative estimate of drug-likeness (QED) is 0.413. The molecule has 0 saturated heterocycles. The molecule has 1 N–H and O–H groups in total. The second-order valence-electron chi connectivity index (χ2n) is 7.43. The molecule has 2 aromatic carbocycles. The van der Waals surface area contributed by atoms with Crippen LogP contribution in [-0.2, 0) is 11.3 Å². The van der Waals surface area contributed by atoms with Crippen molar-refractivity contribution in [3.05, 3.63) is 72.3 Å². The van der Waals surface area contributed by atoms with Crippen molar-refractivity contribution in [3.8, 4) is 17.1 Å². The minimum Gasteiger partial charge on any atom is -0.349 e. The Morgan fingerprint density at radius 1 is 1.16 bits per heavy atom. The molecular weight excluding hydrogens is 422 g/mol. The van der Waals surface area contributed by atoms with Crippen LogP contribution in [0.1, 0.15) is 31.0 Å². The third-order valence-corrected chi connectivity index (χ3v) is 6.06. The van der Waals surface area contributed by atoms with Gasteiger partial charge in [-0.15, -0.1) is 10.2 Å². The molecule has 4 rings (SSSR count). The number of nitrogens with one attached hydrogen (secondary N) is 1. The monoisotopic (exact) mass is 447 g/mol. The number of benzene rings is 2. The van der Waals surface area contributed by atoms with Crippen molar-refractivity contribution in [3.63, 3.8) is 0 Å². The van der Waals surface area contributed by atoms with E-state index in [1.807, 2.05) is 47.9 Å². The number of rotatable bonds is 8. The second-order valence-corrected chi connectivity index (χ2v) is 8.37. The Labute approximate surface area is 191 Å². The lowest BCUT2D eigenvalue weighted by Crippen LogP contribution is -2.28. The third kappa shape index (κ3) is 4.88. The second kappa shape index (κ2) is 9.78. The zero-order valence-corrected chi connectivity index (χ0v) is 19.1. The van der Waals surface area contributed by atoms with Crippen LogP contribution in [0.15, 0.2) is 66.3 Å². The van der Waals surface area contributed by atoms with Crippen LogP contribution in [0, 0.1) is 6.92 Å². The summed E-state index contributed by atoms with van der Waals surface area (Å²) in [4.78, 5) is 16.5. The van der Waals surface area contributed by atoms with Gasteiger partial charge in [0, 0.05) is 12.1 Å². The van der Waals surface area contributed by atoms with Crippen molar-refractivity contribution in [1.29, 1.82) is 0 Å². The molecular formula is C23H25N7OS. The maximum Gasteiger partial charge on any atom is 0.230 e. The molecule has 2 aromatic heterocycles. The highest BCUT2D eigenvalue weighted by Gasteiger charge is 2.16. The first-order valence-electron chi connectivity index (χ1n) is 10.4. The molecule has 2 heterocycles. The first-order valence-corrected chi connectivity index (χ1v) is 11.4. The zero-order valence-electron chi connectivity index (χ0n) is 18.3. The van der Waals surface area contributed by atoms with Gasteiger partial charge in [0.1, 0.15) is 12.7 Å². The summed E-state index contributed by atoms with van der Waals surface area (Å²) < 4.78 is 3.73. The molecule has 164 valence electrons. The number of hydrogen-bond donors (Lipinski definition) is 1. The Morgan fingerprint density at radius 3 is 2.66 bits per heavy atom. The average molecular weight is 448 g/mol. The molecule has 0 fully saturated rings. The average Bonchev–Trinajstić information content (AvgIpc) is 3.48. The van der Waals surface area contributed by atoms with Crippen molar-refractivity contribution in [2.45, 2.75) is 38.5 Å². The van der Waals surface area contributed by atoms with E-state index in [0.29, 0.717) is 0 Å². The summed E-state index contributed by atoms with van der Waals surface area (Å²) in [5.74, 6) is 1.04. The molecule has 1 unspecified atom stereocenters. The number of hydrogen-bond acceptors (Lipinski definition) is 6. The fourth-order valence-corrected chi connectivity index (χ4v) is 4.25. The number of nitrogens with zero attached hydrogens (tertiary/aromatic N) is 6. The van der Waals surface area contributed by atoms with E-state index >= 15 is 0 Å². The van der Waals surface area contributed by atoms with Crippen molar-refractivity contribution in [2.24, 2.45) is 0 Å². The van der Waals surface area contributed by atoms with Crippen LogP contribution in [0.4, 0.5) is 0 Å². The lowest BCUT2D eigenvalue weighted by atomic mass is 10.1. The number of carbonyl (C=O) groups is 1. The molecule has 1 amide bonds. The van der Waals surface area contributed by atoms with Gasteiger partial charge in [-0.05, 0) is 44.5 Å². The number of amides is 1. The minimum atomic E-state index is -0.111. The Balaban J connectivity index is 1.37. The fraction of sp³-hybridized carbons (Fsp3) is 0.261. The van der Waals surface area contributed by atoms with Crippen LogP contribution in [0.2, 0.25) is 0 Å². The van der Waals surface area contributed by atoms with Crippen LogP contribution < -0.4 is 5.32 Å². The first-order chi connectivity index (χ1) is 15.5. The largest absolute Gasteiger partial charge is 0.349 e. The topological polar surface area (TPSA) is 90.5 Å². The molecule has 0 spiro atoms. The highest BCUT2D eigenvalue weighted by atomic mass is 32.2. The summed E-state index contributed by atoms with van der Waals surface area (Å²) in [5.41, 5.74) is 4.14. The predicted molar refractivity (Wildman–Crippen MR) is 125 cm³/mol. The summed E-state index contributed by atoms with van der Waals surface area (Å²) in [6.07, 6.45) is 3.15. The van der Waals surface area contributed by atoms with Gasteiger partial charge in [0.25, 0.3) is 0 Å². The van der Waals surface area contributed by atoms with E-state index in [0.717, 1.165) is 34.3 Å². The predicted octanol–water partition coefficient (Wildman–Crippen LogP) is 3.82. The summed E-state index contributed by atoms with van der Waals surface area (Å²) in [5, 5.41) is 16.6. The summed E-state index contributed by atoms with van der Waals surface area (Å²) in [6, 6.07) is 16.0. The molecule has 32 heavy (non-hydrogen) atoms. The van der Waals surface area contributed by atoms with Crippen LogP contribution in [0.5, 0.6) is 0 Å². The molecule has 9 heteroatoms. The van der Waals surface area contributed by atoms with E-state index in [1.165, 1.54) is 23.7 Å². The van der Waals surface area contributed by atoms with Gasteiger partial charge in [-0.1, -0.05) is 47.7 Å². The number of carbonyl (C=O) groups excluding carboxylic acids is 1. The van der Waals surface area contributed by atoms with Crippen molar-refractivity contribution in [2.75, 3.05) is 5.75 Å². The smallest absolute Gasteiger partial charge is 0.230 e. The Morgan fingerprint density at radius 2 is 1.97 bits per heavy atom. The minimum absolute atomic E-state index is 0.0504. The van der Waals surface area contributed by atoms with Crippen LogP contribution in [-0.4, -0.2) is 41.2 Å². The molecule has 0 bridgehead atoms. The van der Waals surface area contributed by atoms with Gasteiger partial charge in [0.05, 0.1) is 17.5 Å². The van der Waals surface area contributed by atoms with Gasteiger partial charge in [-0.3, -0.25) is 4.79 Å². The van der Waals surface area contributed by atoms with E-state index in [4.69, 9.17) is 0 Å². The highest BCUT2D eigenvalue weighted by molar-refractivity contribution is 7.99. The van der Waals surface area contributed by atoms with Gasteiger partial charge in [0.2, 0.25) is 5.91 Å². The lowest BCUT2D eigenvalue weighted by Gasteiger charge is -2.15. The van der Waals surface area contributed by atoms with E-state index < -0.39 is 0 Å². The van der Waals surface area contributed by atoms with Crippen LogP contribution in [0.25, 0.3) is 17.1 Å². The maximum absolute atomic E-state index is 12.6. The molecule has 0 saturated carbocycles. The molecule has 0 aliphatic rings. The molecule has 0 radical (unpaired) electrons. The molecule has 4 aromatic rings. The third-order valence-electron chi connectivity index (χ3n) is 5.10. The Kier molecular flexibility index (Phi) is 6.65. The highest BCUT2D eigenvalue weighted by Crippen LogP contribution is 2.25. The fourth-order valence-electron chi connectivity index (χ4n) is 3.43. The zero-order chi connectivity index (χ0) is 22.5. The molecule has 0 aliphatic heterocycles. The van der Waals surface area contributed by atoms with E-state index in [-0.39, 0.29) is 17.7 Å². The van der Waals surface area contributed by atoms with E-state index in [1.54, 1.807) is 11.0 Å². The number of thioether (sulfide) groups is 1. The summed E-state index contributed by atoms with van der Waals surface area (Å²) in [7, 11) is 0. The SMILES string of the molecule is CCn1c(SCC(=O)NC(C)c2ccc(-n3cncn3)cc2)nnc1-c1cccc(C)c1. The van der Waals surface area contributed by atoms with E-state index in [2.05, 4.69) is 51.6 Å². The Bertz CT molecular complexity index is 1190. The molecule has 8 nitrogen and oxygen atoms in total. The van der Waals surface area contributed by atoms with Gasteiger partial charge in [0.15, 0.2) is 11.0 Å².